The van der Waals surface area contributed by atoms with Gasteiger partial charge in [-0.3, -0.25) is 9.59 Å². The van der Waals surface area contributed by atoms with E-state index in [4.69, 9.17) is 0 Å². The first-order valence-corrected chi connectivity index (χ1v) is 6.41. The van der Waals surface area contributed by atoms with E-state index in [0.717, 1.165) is 19.4 Å². The molecule has 0 aromatic heterocycles. The van der Waals surface area contributed by atoms with Gasteiger partial charge >= 0.3 is 0 Å². The van der Waals surface area contributed by atoms with Crippen LogP contribution in [0.4, 0.5) is 0 Å². The molecule has 1 amide bonds. The summed E-state index contributed by atoms with van der Waals surface area (Å²) in [5.41, 5.74) is 0. The van der Waals surface area contributed by atoms with Gasteiger partial charge in [0.15, 0.2) is 5.78 Å². The van der Waals surface area contributed by atoms with Crippen LogP contribution in [-0.2, 0) is 14.4 Å². The molecule has 0 rings (SSSR count). The van der Waals surface area contributed by atoms with E-state index in [0.29, 0.717) is 6.42 Å². The van der Waals surface area contributed by atoms with Crippen LogP contribution in [0.15, 0.2) is 0 Å². The minimum Gasteiger partial charge on any atom is -0.346 e. The molecule has 0 saturated carbocycles. The third-order valence-corrected chi connectivity index (χ3v) is 2.70. The van der Waals surface area contributed by atoms with Crippen molar-refractivity contribution in [3.63, 3.8) is 0 Å². The molecule has 5 heteroatoms. The third kappa shape index (κ3) is 8.87. The number of hydrogen-bond donors (Lipinski definition) is 2. The van der Waals surface area contributed by atoms with Crippen molar-refractivity contribution < 1.29 is 14.4 Å². The zero-order valence-electron chi connectivity index (χ0n) is 11.5. The Morgan fingerprint density at radius 1 is 1.06 bits per heavy atom. The number of nitrogens with one attached hydrogen (secondary N) is 2. The zero-order chi connectivity index (χ0) is 14.0. The van der Waals surface area contributed by atoms with E-state index in [2.05, 4.69) is 10.6 Å². The molecular weight excluding hydrogens is 232 g/mol. The van der Waals surface area contributed by atoms with Gasteiger partial charge in [-0.05, 0) is 46.7 Å². The average Bonchev–Trinajstić information content (AvgIpc) is 2.30. The minimum atomic E-state index is -0.415. The topological polar surface area (TPSA) is 75.3 Å². The van der Waals surface area contributed by atoms with Gasteiger partial charge in [0.1, 0.15) is 5.78 Å². The first-order chi connectivity index (χ1) is 8.47. The van der Waals surface area contributed by atoms with Gasteiger partial charge in [0.05, 0.1) is 6.04 Å². The lowest BCUT2D eigenvalue weighted by Gasteiger charge is -2.15. The molecule has 0 radical (unpaired) electrons. The first-order valence-electron chi connectivity index (χ1n) is 6.41. The van der Waals surface area contributed by atoms with Gasteiger partial charge in [-0.1, -0.05) is 0 Å². The van der Waals surface area contributed by atoms with E-state index in [1.165, 1.54) is 13.8 Å². The molecule has 0 aliphatic rings. The van der Waals surface area contributed by atoms with Crippen molar-refractivity contribution in [3.05, 3.63) is 0 Å². The molecule has 1 atom stereocenters. The van der Waals surface area contributed by atoms with Crippen LogP contribution in [-0.4, -0.2) is 37.1 Å². The summed E-state index contributed by atoms with van der Waals surface area (Å²) in [6, 6.07) is -0.415. The molecule has 1 unspecified atom stereocenters. The van der Waals surface area contributed by atoms with Crippen molar-refractivity contribution in [1.29, 1.82) is 0 Å². The SMILES string of the molecule is CNCCCCC(NC(=O)CCC(C)=O)C(C)=O. The van der Waals surface area contributed by atoms with Gasteiger partial charge in [0.2, 0.25) is 5.91 Å². The lowest BCUT2D eigenvalue weighted by Crippen LogP contribution is -2.39. The number of carbonyl (C=O) groups is 3. The highest BCUT2D eigenvalue weighted by Gasteiger charge is 2.16. The summed E-state index contributed by atoms with van der Waals surface area (Å²) >= 11 is 0. The summed E-state index contributed by atoms with van der Waals surface area (Å²) in [5.74, 6) is -0.270. The summed E-state index contributed by atoms with van der Waals surface area (Å²) in [5, 5.41) is 5.72. The average molecular weight is 256 g/mol. The van der Waals surface area contributed by atoms with Gasteiger partial charge in [-0.25, -0.2) is 0 Å². The lowest BCUT2D eigenvalue weighted by atomic mass is 10.1. The quantitative estimate of drug-likeness (QED) is 0.567. The molecule has 0 aromatic carbocycles. The fourth-order valence-corrected chi connectivity index (χ4v) is 1.58. The maximum absolute atomic E-state index is 11.5. The number of rotatable bonds is 10. The standard InChI is InChI=1S/C13H24N2O3/c1-10(16)7-8-13(18)15-12(11(2)17)6-4-5-9-14-3/h12,14H,4-9H2,1-3H3,(H,15,18). The number of ketones is 2. The van der Waals surface area contributed by atoms with Crippen molar-refractivity contribution in [2.24, 2.45) is 0 Å². The smallest absolute Gasteiger partial charge is 0.221 e. The number of unbranched alkanes of at least 4 members (excludes halogenated alkanes) is 1. The van der Waals surface area contributed by atoms with Crippen LogP contribution in [0.5, 0.6) is 0 Å². The van der Waals surface area contributed by atoms with Crippen molar-refractivity contribution in [3.8, 4) is 0 Å². The highest BCUT2D eigenvalue weighted by molar-refractivity contribution is 5.89. The highest BCUT2D eigenvalue weighted by Crippen LogP contribution is 2.03. The van der Waals surface area contributed by atoms with Gasteiger partial charge in [0, 0.05) is 12.8 Å². The fourth-order valence-electron chi connectivity index (χ4n) is 1.58. The first kappa shape index (κ1) is 16.8. The largest absolute Gasteiger partial charge is 0.346 e. The molecule has 0 fully saturated rings. The fraction of sp³-hybridized carbons (Fsp3) is 0.769. The maximum Gasteiger partial charge on any atom is 0.221 e. The van der Waals surface area contributed by atoms with E-state index in [1.54, 1.807) is 0 Å². The van der Waals surface area contributed by atoms with Gasteiger partial charge in [-0.15, -0.1) is 0 Å². The lowest BCUT2D eigenvalue weighted by molar-refractivity contribution is -0.128. The number of hydrogen-bond acceptors (Lipinski definition) is 4. The van der Waals surface area contributed by atoms with Crippen LogP contribution in [0.1, 0.15) is 46.0 Å². The van der Waals surface area contributed by atoms with Crippen LogP contribution in [0.3, 0.4) is 0 Å². The Kier molecular flexibility index (Phi) is 9.10. The second-order valence-corrected chi connectivity index (χ2v) is 4.53. The molecule has 0 saturated heterocycles. The Morgan fingerprint density at radius 3 is 2.22 bits per heavy atom. The van der Waals surface area contributed by atoms with Crippen LogP contribution in [0, 0.1) is 0 Å². The molecule has 0 aromatic rings. The maximum atomic E-state index is 11.5. The van der Waals surface area contributed by atoms with E-state index >= 15 is 0 Å². The normalized spacial score (nSPS) is 11.9. The molecule has 0 bridgehead atoms. The molecular formula is C13H24N2O3. The Labute approximate surface area is 109 Å². The van der Waals surface area contributed by atoms with Gasteiger partial charge in [0.25, 0.3) is 0 Å². The van der Waals surface area contributed by atoms with Crippen LogP contribution in [0.2, 0.25) is 0 Å². The van der Waals surface area contributed by atoms with Crippen molar-refractivity contribution in [2.75, 3.05) is 13.6 Å². The molecule has 0 heterocycles. The molecule has 0 spiro atoms. The van der Waals surface area contributed by atoms with Gasteiger partial charge < -0.3 is 15.4 Å². The second-order valence-electron chi connectivity index (χ2n) is 4.53. The minimum absolute atomic E-state index is 0.0152. The summed E-state index contributed by atoms with van der Waals surface area (Å²) < 4.78 is 0. The van der Waals surface area contributed by atoms with E-state index in [1.807, 2.05) is 7.05 Å². The van der Waals surface area contributed by atoms with E-state index in [-0.39, 0.29) is 30.3 Å². The molecule has 2 N–H and O–H groups in total. The number of amides is 1. The van der Waals surface area contributed by atoms with Gasteiger partial charge in [-0.2, -0.15) is 0 Å². The Hall–Kier alpha value is -1.23. The summed E-state index contributed by atoms with van der Waals surface area (Å²) in [6.07, 6.45) is 2.91. The summed E-state index contributed by atoms with van der Waals surface area (Å²) in [6.45, 7) is 3.84. The molecule has 5 nitrogen and oxygen atoms in total. The summed E-state index contributed by atoms with van der Waals surface area (Å²) in [4.78, 5) is 33.7. The van der Waals surface area contributed by atoms with E-state index in [9.17, 15) is 14.4 Å². The van der Waals surface area contributed by atoms with Crippen molar-refractivity contribution >= 4 is 17.5 Å². The summed E-state index contributed by atoms with van der Waals surface area (Å²) in [7, 11) is 1.88. The Bertz CT molecular complexity index is 290. The molecule has 18 heavy (non-hydrogen) atoms. The monoisotopic (exact) mass is 256 g/mol. The molecule has 0 aliphatic carbocycles. The molecule has 0 aliphatic heterocycles. The predicted molar refractivity (Wildman–Crippen MR) is 70.3 cm³/mol. The predicted octanol–water partition coefficient (Wildman–Crippen LogP) is 0.819. The van der Waals surface area contributed by atoms with Crippen molar-refractivity contribution in [1.82, 2.24) is 10.6 Å². The Morgan fingerprint density at radius 2 is 1.72 bits per heavy atom. The number of Topliss-reactive ketones (excluding diaryl/α,β-unsaturated/α-hetero) is 2. The third-order valence-electron chi connectivity index (χ3n) is 2.70. The van der Waals surface area contributed by atoms with Crippen LogP contribution < -0.4 is 10.6 Å². The highest BCUT2D eigenvalue weighted by atomic mass is 16.2. The van der Waals surface area contributed by atoms with Crippen molar-refractivity contribution in [2.45, 2.75) is 52.0 Å². The molecule has 104 valence electrons. The zero-order valence-corrected chi connectivity index (χ0v) is 11.5. The second kappa shape index (κ2) is 9.76. The number of carbonyl (C=O) groups excluding carboxylic acids is 3. The van der Waals surface area contributed by atoms with E-state index < -0.39 is 6.04 Å². The van der Waals surface area contributed by atoms with Crippen LogP contribution >= 0.6 is 0 Å². The van der Waals surface area contributed by atoms with Crippen LogP contribution in [0.25, 0.3) is 0 Å². The Balaban J connectivity index is 3.99.